The molecule has 5 rings (SSSR count). The van der Waals surface area contributed by atoms with Gasteiger partial charge in [-0.05, 0) is 23.6 Å². The molecule has 1 N–H and O–H groups in total. The third kappa shape index (κ3) is 4.66. The standard InChI is InChI=1S/C25H24BN3O6/c26-18-5-7-20(17-12-29(25(33)23(17)18)19-6-8-21(30)27-24(19)32)35-13-16-3-1-15(2-4-16)11-28-9-10-34-14-22(28)31/h1-5,7,19H,6,8-14H2,(H,27,30,32). The molecule has 3 aliphatic rings. The van der Waals surface area contributed by atoms with Gasteiger partial charge in [-0.2, -0.15) is 0 Å². The molecule has 0 aliphatic carbocycles. The molecule has 35 heavy (non-hydrogen) atoms. The monoisotopic (exact) mass is 473 g/mol. The fraction of sp³-hybridized carbons (Fsp3) is 0.360. The molecule has 2 aromatic rings. The Labute approximate surface area is 203 Å². The molecule has 2 aromatic carbocycles. The second kappa shape index (κ2) is 9.54. The number of hydrogen-bond acceptors (Lipinski definition) is 6. The lowest BCUT2D eigenvalue weighted by atomic mass is 9.88. The van der Waals surface area contributed by atoms with Gasteiger partial charge in [0.25, 0.3) is 5.91 Å². The highest BCUT2D eigenvalue weighted by Gasteiger charge is 2.40. The molecular formula is C25H24BN3O6. The van der Waals surface area contributed by atoms with E-state index in [0.717, 1.165) is 11.1 Å². The number of morpholine rings is 1. The Bertz CT molecular complexity index is 1200. The lowest BCUT2D eigenvalue weighted by Crippen LogP contribution is -2.52. The summed E-state index contributed by atoms with van der Waals surface area (Å²) in [7, 11) is 6.10. The van der Waals surface area contributed by atoms with Crippen LogP contribution in [0.1, 0.15) is 39.9 Å². The summed E-state index contributed by atoms with van der Waals surface area (Å²) in [5, 5.41) is 2.30. The number of nitrogens with zero attached hydrogens (tertiary/aromatic N) is 2. The van der Waals surface area contributed by atoms with Crippen molar-refractivity contribution in [3.63, 3.8) is 0 Å². The minimum atomic E-state index is -0.717. The summed E-state index contributed by atoms with van der Waals surface area (Å²) in [5.41, 5.74) is 3.26. The molecule has 2 fully saturated rings. The number of piperidine rings is 1. The van der Waals surface area contributed by atoms with Gasteiger partial charge in [0.05, 0.1) is 13.2 Å². The molecule has 1 unspecified atom stereocenters. The molecule has 10 heteroatoms. The number of hydrogen-bond donors (Lipinski definition) is 1. The van der Waals surface area contributed by atoms with Crippen molar-refractivity contribution in [3.05, 3.63) is 58.7 Å². The molecule has 0 spiro atoms. The molecule has 2 radical (unpaired) electrons. The Hall–Kier alpha value is -3.66. The van der Waals surface area contributed by atoms with Gasteiger partial charge < -0.3 is 19.3 Å². The third-order valence-corrected chi connectivity index (χ3v) is 6.57. The predicted molar refractivity (Wildman–Crippen MR) is 125 cm³/mol. The van der Waals surface area contributed by atoms with Crippen LogP contribution in [-0.2, 0) is 38.8 Å². The topological polar surface area (TPSA) is 105 Å². The maximum absolute atomic E-state index is 13.1. The van der Waals surface area contributed by atoms with E-state index in [-0.39, 0.29) is 50.3 Å². The molecule has 3 heterocycles. The molecule has 0 saturated carbocycles. The van der Waals surface area contributed by atoms with Crippen molar-refractivity contribution < 1.29 is 28.7 Å². The number of benzene rings is 2. The van der Waals surface area contributed by atoms with Gasteiger partial charge in [0.2, 0.25) is 17.7 Å². The lowest BCUT2D eigenvalue weighted by Gasteiger charge is -2.29. The maximum Gasteiger partial charge on any atom is 0.254 e. The van der Waals surface area contributed by atoms with E-state index in [2.05, 4.69) is 5.32 Å². The van der Waals surface area contributed by atoms with Crippen LogP contribution in [-0.4, -0.2) is 67.1 Å². The Kier molecular flexibility index (Phi) is 6.30. The summed E-state index contributed by atoms with van der Waals surface area (Å²) in [6.45, 7) is 2.26. The van der Waals surface area contributed by atoms with E-state index < -0.39 is 11.9 Å². The van der Waals surface area contributed by atoms with Crippen molar-refractivity contribution in [3.8, 4) is 5.75 Å². The van der Waals surface area contributed by atoms with Gasteiger partial charge in [0.1, 0.15) is 32.9 Å². The van der Waals surface area contributed by atoms with E-state index in [4.69, 9.17) is 17.3 Å². The number of nitrogens with one attached hydrogen (secondary N) is 1. The first kappa shape index (κ1) is 23.1. The average molecular weight is 473 g/mol. The summed E-state index contributed by atoms with van der Waals surface area (Å²) < 4.78 is 11.2. The molecule has 0 aromatic heterocycles. The normalized spacial score (nSPS) is 20.2. The first-order chi connectivity index (χ1) is 16.9. The summed E-state index contributed by atoms with van der Waals surface area (Å²) >= 11 is 0. The van der Waals surface area contributed by atoms with Gasteiger partial charge in [0.15, 0.2) is 0 Å². The molecule has 0 bridgehead atoms. The van der Waals surface area contributed by atoms with Crippen molar-refractivity contribution in [1.82, 2.24) is 15.1 Å². The minimum absolute atomic E-state index is 0.0123. The first-order valence-electron chi connectivity index (χ1n) is 11.5. The van der Waals surface area contributed by atoms with E-state index in [9.17, 15) is 19.2 Å². The van der Waals surface area contributed by atoms with Crippen LogP contribution in [0.15, 0.2) is 36.4 Å². The van der Waals surface area contributed by atoms with Crippen LogP contribution in [0.5, 0.6) is 5.75 Å². The van der Waals surface area contributed by atoms with Gasteiger partial charge in [-0.15, -0.1) is 0 Å². The first-order valence-corrected chi connectivity index (χ1v) is 11.5. The molecule has 3 aliphatic heterocycles. The lowest BCUT2D eigenvalue weighted by molar-refractivity contribution is -0.143. The summed E-state index contributed by atoms with van der Waals surface area (Å²) in [4.78, 5) is 52.1. The van der Waals surface area contributed by atoms with Gasteiger partial charge in [-0.1, -0.05) is 35.8 Å². The quantitative estimate of drug-likeness (QED) is 0.474. The number of ether oxygens (including phenoxy) is 2. The zero-order chi connectivity index (χ0) is 24.5. The van der Waals surface area contributed by atoms with Crippen LogP contribution in [0.25, 0.3) is 0 Å². The molecule has 1 atom stereocenters. The Morgan fingerprint density at radius 3 is 2.57 bits per heavy atom. The smallest absolute Gasteiger partial charge is 0.254 e. The number of carbonyl (C=O) groups is 4. The van der Waals surface area contributed by atoms with E-state index in [1.165, 1.54) is 4.90 Å². The van der Waals surface area contributed by atoms with Crippen molar-refractivity contribution >= 4 is 36.9 Å². The summed E-state index contributed by atoms with van der Waals surface area (Å²) in [6.07, 6.45) is 0.466. The minimum Gasteiger partial charge on any atom is -0.489 e. The number of amides is 4. The van der Waals surface area contributed by atoms with Crippen LogP contribution >= 0.6 is 0 Å². The SMILES string of the molecule is [B]c1ccc(OCc2ccc(CN3CCOCC3=O)cc2)c2c1C(=O)N(C1CCC(=O)NC1=O)C2. The highest BCUT2D eigenvalue weighted by Crippen LogP contribution is 2.33. The second-order valence-electron chi connectivity index (χ2n) is 8.88. The predicted octanol–water partition coefficient (Wildman–Crippen LogP) is 0.179. The highest BCUT2D eigenvalue weighted by atomic mass is 16.5. The molecule has 2 saturated heterocycles. The highest BCUT2D eigenvalue weighted by molar-refractivity contribution is 6.37. The maximum atomic E-state index is 13.1. The Morgan fingerprint density at radius 1 is 1.06 bits per heavy atom. The van der Waals surface area contributed by atoms with Crippen molar-refractivity contribution in [2.24, 2.45) is 0 Å². The molecular weight excluding hydrogens is 449 g/mol. The summed E-state index contributed by atoms with van der Waals surface area (Å²) in [6, 6.07) is 10.4. The zero-order valence-corrected chi connectivity index (χ0v) is 19.1. The third-order valence-electron chi connectivity index (χ3n) is 6.57. The van der Waals surface area contributed by atoms with E-state index in [1.807, 2.05) is 24.3 Å². The van der Waals surface area contributed by atoms with Gasteiger partial charge in [-0.25, -0.2) is 0 Å². The molecule has 9 nitrogen and oxygen atoms in total. The number of fused-ring (bicyclic) bond motifs is 1. The fourth-order valence-corrected chi connectivity index (χ4v) is 4.65. The Balaban J connectivity index is 1.26. The Morgan fingerprint density at radius 2 is 1.83 bits per heavy atom. The second-order valence-corrected chi connectivity index (χ2v) is 8.88. The number of rotatable bonds is 6. The number of carbonyl (C=O) groups excluding carboxylic acids is 4. The van der Waals surface area contributed by atoms with Crippen LogP contribution in [0, 0.1) is 0 Å². The van der Waals surface area contributed by atoms with Gasteiger partial charge in [0, 0.05) is 30.6 Å². The van der Waals surface area contributed by atoms with E-state index in [0.29, 0.717) is 42.0 Å². The van der Waals surface area contributed by atoms with Crippen molar-refractivity contribution in [1.29, 1.82) is 0 Å². The van der Waals surface area contributed by atoms with Crippen molar-refractivity contribution in [2.75, 3.05) is 19.8 Å². The van der Waals surface area contributed by atoms with Crippen LogP contribution in [0.2, 0.25) is 0 Å². The van der Waals surface area contributed by atoms with Crippen LogP contribution < -0.4 is 15.5 Å². The average Bonchev–Trinajstić information content (AvgIpc) is 3.19. The van der Waals surface area contributed by atoms with E-state index in [1.54, 1.807) is 17.0 Å². The summed E-state index contributed by atoms with van der Waals surface area (Å²) in [5.74, 6) is -0.620. The largest absolute Gasteiger partial charge is 0.489 e. The van der Waals surface area contributed by atoms with Crippen molar-refractivity contribution in [2.45, 2.75) is 38.6 Å². The van der Waals surface area contributed by atoms with Crippen LogP contribution in [0.4, 0.5) is 0 Å². The van der Waals surface area contributed by atoms with E-state index >= 15 is 0 Å². The molecule has 178 valence electrons. The van der Waals surface area contributed by atoms with Gasteiger partial charge in [-0.3, -0.25) is 24.5 Å². The van der Waals surface area contributed by atoms with Gasteiger partial charge >= 0.3 is 0 Å². The fourth-order valence-electron chi connectivity index (χ4n) is 4.65. The van der Waals surface area contributed by atoms with Crippen LogP contribution in [0.3, 0.4) is 0 Å². The molecule has 4 amide bonds. The zero-order valence-electron chi connectivity index (χ0n) is 19.1. The number of imide groups is 1.